The second kappa shape index (κ2) is 3.98. The first-order valence-electron chi connectivity index (χ1n) is 6.40. The highest BCUT2D eigenvalue weighted by molar-refractivity contribution is 5.54. The van der Waals surface area contributed by atoms with Crippen LogP contribution in [0.15, 0.2) is 6.07 Å². The van der Waals surface area contributed by atoms with Crippen LogP contribution in [0, 0.1) is 0 Å². The van der Waals surface area contributed by atoms with Gasteiger partial charge in [0.1, 0.15) is 11.6 Å². The zero-order chi connectivity index (χ0) is 12.8. The number of aromatic nitrogens is 2. The number of nitrogen functional groups attached to an aromatic ring is 1. The fourth-order valence-corrected chi connectivity index (χ4v) is 2.27. The van der Waals surface area contributed by atoms with Crippen LogP contribution in [0.5, 0.6) is 0 Å². The van der Waals surface area contributed by atoms with E-state index in [9.17, 15) is 5.11 Å². The van der Waals surface area contributed by atoms with E-state index in [2.05, 4.69) is 20.2 Å². The smallest absolute Gasteiger partial charge is 0.223 e. The number of hydrogen-bond donors (Lipinski definition) is 3. The molecule has 0 spiro atoms. The zero-order valence-electron chi connectivity index (χ0n) is 10.6. The summed E-state index contributed by atoms with van der Waals surface area (Å²) in [6, 6.07) is 2.45. The summed E-state index contributed by atoms with van der Waals surface area (Å²) in [4.78, 5) is 10.5. The predicted octanol–water partition coefficient (Wildman–Crippen LogP) is 0.594. The third-order valence-electron chi connectivity index (χ3n) is 3.44. The Morgan fingerprint density at radius 2 is 2.28 bits per heavy atom. The topological polar surface area (TPSA) is 87.3 Å². The molecule has 6 heteroatoms. The van der Waals surface area contributed by atoms with Gasteiger partial charge in [0.2, 0.25) is 5.95 Å². The molecule has 0 amide bonds. The van der Waals surface area contributed by atoms with Gasteiger partial charge in [-0.15, -0.1) is 0 Å². The summed E-state index contributed by atoms with van der Waals surface area (Å²) in [6.07, 6.45) is 3.14. The van der Waals surface area contributed by atoms with Crippen molar-refractivity contribution in [2.75, 3.05) is 29.0 Å². The highest BCUT2D eigenvalue weighted by atomic mass is 16.3. The second-order valence-corrected chi connectivity index (χ2v) is 5.56. The number of rotatable bonds is 3. The molecule has 3 rings (SSSR count). The number of anilines is 3. The van der Waals surface area contributed by atoms with E-state index < -0.39 is 5.60 Å². The van der Waals surface area contributed by atoms with E-state index in [0.717, 1.165) is 24.6 Å². The Morgan fingerprint density at radius 1 is 1.50 bits per heavy atom. The number of nitrogens with zero attached hydrogens (tertiary/aromatic N) is 3. The van der Waals surface area contributed by atoms with Crippen LogP contribution in [-0.4, -0.2) is 39.8 Å². The first-order chi connectivity index (χ1) is 8.52. The van der Waals surface area contributed by atoms with Crippen molar-refractivity contribution in [1.29, 1.82) is 0 Å². The van der Waals surface area contributed by atoms with Gasteiger partial charge in [0.05, 0.1) is 5.60 Å². The van der Waals surface area contributed by atoms with Gasteiger partial charge in [0, 0.05) is 25.2 Å². The van der Waals surface area contributed by atoms with Crippen LogP contribution in [0.25, 0.3) is 0 Å². The van der Waals surface area contributed by atoms with Crippen molar-refractivity contribution in [3.05, 3.63) is 6.07 Å². The lowest BCUT2D eigenvalue weighted by molar-refractivity contribution is 0.0839. The van der Waals surface area contributed by atoms with Crippen LogP contribution in [0.1, 0.15) is 26.2 Å². The average Bonchev–Trinajstić information content (AvgIpc) is 3.00. The Morgan fingerprint density at radius 3 is 2.89 bits per heavy atom. The Balaban J connectivity index is 1.80. The van der Waals surface area contributed by atoms with Gasteiger partial charge in [-0.25, -0.2) is 0 Å². The molecule has 2 fully saturated rings. The minimum Gasteiger partial charge on any atom is -0.388 e. The molecule has 1 aromatic rings. The molecule has 1 saturated heterocycles. The SMILES string of the molecule is C[C@@]1(O)CCN(c2cc(NC3CC3)nc(N)n2)C1. The molecule has 6 nitrogen and oxygen atoms in total. The molecular weight excluding hydrogens is 230 g/mol. The fraction of sp³-hybridized carbons (Fsp3) is 0.667. The zero-order valence-corrected chi connectivity index (χ0v) is 10.6. The summed E-state index contributed by atoms with van der Waals surface area (Å²) in [6.45, 7) is 3.24. The minimum absolute atomic E-state index is 0.280. The minimum atomic E-state index is -0.635. The first kappa shape index (κ1) is 11.5. The van der Waals surface area contributed by atoms with Crippen molar-refractivity contribution in [3.63, 3.8) is 0 Å². The lowest BCUT2D eigenvalue weighted by Crippen LogP contribution is -2.30. The van der Waals surface area contributed by atoms with Gasteiger partial charge in [-0.3, -0.25) is 0 Å². The summed E-state index contributed by atoms with van der Waals surface area (Å²) in [7, 11) is 0. The second-order valence-electron chi connectivity index (χ2n) is 5.56. The van der Waals surface area contributed by atoms with Crippen molar-refractivity contribution in [3.8, 4) is 0 Å². The summed E-state index contributed by atoms with van der Waals surface area (Å²) in [5, 5.41) is 13.3. The van der Waals surface area contributed by atoms with E-state index in [-0.39, 0.29) is 5.95 Å². The third-order valence-corrected chi connectivity index (χ3v) is 3.44. The van der Waals surface area contributed by atoms with Crippen molar-refractivity contribution >= 4 is 17.6 Å². The van der Waals surface area contributed by atoms with Gasteiger partial charge < -0.3 is 21.1 Å². The maximum Gasteiger partial charge on any atom is 0.223 e. The molecule has 1 aliphatic carbocycles. The summed E-state index contributed by atoms with van der Waals surface area (Å²) >= 11 is 0. The van der Waals surface area contributed by atoms with Crippen molar-refractivity contribution in [2.45, 2.75) is 37.8 Å². The molecule has 98 valence electrons. The standard InChI is InChI=1S/C12H19N5O/c1-12(18)4-5-17(7-12)10-6-9(14-8-2-3-8)15-11(13)16-10/h6,8,18H,2-5,7H2,1H3,(H3,13,14,15,16)/t12-/m1/s1. The molecule has 0 bridgehead atoms. The maximum atomic E-state index is 9.99. The molecule has 2 aliphatic rings. The Kier molecular flexibility index (Phi) is 2.55. The third kappa shape index (κ3) is 2.48. The molecule has 1 atom stereocenters. The van der Waals surface area contributed by atoms with Crippen LogP contribution in [0.3, 0.4) is 0 Å². The molecular formula is C12H19N5O. The van der Waals surface area contributed by atoms with E-state index in [1.807, 2.05) is 13.0 Å². The summed E-state index contributed by atoms with van der Waals surface area (Å²) in [5.41, 5.74) is 5.10. The van der Waals surface area contributed by atoms with Crippen LogP contribution in [0.2, 0.25) is 0 Å². The van der Waals surface area contributed by atoms with Gasteiger partial charge in [0.25, 0.3) is 0 Å². The van der Waals surface area contributed by atoms with E-state index in [4.69, 9.17) is 5.73 Å². The number of nitrogens with two attached hydrogens (primary N) is 1. The molecule has 0 radical (unpaired) electrons. The molecule has 18 heavy (non-hydrogen) atoms. The Labute approximate surface area is 106 Å². The number of hydrogen-bond acceptors (Lipinski definition) is 6. The molecule has 1 saturated carbocycles. The van der Waals surface area contributed by atoms with Crippen LogP contribution < -0.4 is 16.0 Å². The lowest BCUT2D eigenvalue weighted by atomic mass is 10.1. The van der Waals surface area contributed by atoms with E-state index >= 15 is 0 Å². The van der Waals surface area contributed by atoms with Crippen molar-refractivity contribution in [2.24, 2.45) is 0 Å². The van der Waals surface area contributed by atoms with Crippen LogP contribution in [0.4, 0.5) is 17.6 Å². The Hall–Kier alpha value is -1.56. The monoisotopic (exact) mass is 249 g/mol. The quantitative estimate of drug-likeness (QED) is 0.727. The molecule has 1 aromatic heterocycles. The fourth-order valence-electron chi connectivity index (χ4n) is 2.27. The van der Waals surface area contributed by atoms with Gasteiger partial charge in [-0.2, -0.15) is 9.97 Å². The first-order valence-corrected chi connectivity index (χ1v) is 6.40. The van der Waals surface area contributed by atoms with Gasteiger partial charge in [-0.1, -0.05) is 0 Å². The summed E-state index contributed by atoms with van der Waals surface area (Å²) < 4.78 is 0. The molecule has 1 aliphatic heterocycles. The largest absolute Gasteiger partial charge is 0.388 e. The van der Waals surface area contributed by atoms with Crippen LogP contribution >= 0.6 is 0 Å². The molecule has 2 heterocycles. The number of aliphatic hydroxyl groups is 1. The van der Waals surface area contributed by atoms with Gasteiger partial charge >= 0.3 is 0 Å². The summed E-state index contributed by atoms with van der Waals surface area (Å²) in [5.74, 6) is 1.86. The van der Waals surface area contributed by atoms with Crippen molar-refractivity contribution < 1.29 is 5.11 Å². The Bertz CT molecular complexity index is 458. The predicted molar refractivity (Wildman–Crippen MR) is 70.5 cm³/mol. The molecule has 0 aromatic carbocycles. The number of nitrogens with one attached hydrogen (secondary N) is 1. The number of β-amino-alcohol motifs (C(OH)–C–C–N with tert-alkyl or cyclic N) is 1. The van der Waals surface area contributed by atoms with Crippen LogP contribution in [-0.2, 0) is 0 Å². The van der Waals surface area contributed by atoms with Crippen molar-refractivity contribution in [1.82, 2.24) is 9.97 Å². The average molecular weight is 249 g/mol. The lowest BCUT2D eigenvalue weighted by Gasteiger charge is -2.20. The highest BCUT2D eigenvalue weighted by Gasteiger charge is 2.32. The van der Waals surface area contributed by atoms with Gasteiger partial charge in [0.15, 0.2) is 0 Å². The van der Waals surface area contributed by atoms with E-state index in [1.54, 1.807) is 0 Å². The normalized spacial score (nSPS) is 27.6. The maximum absolute atomic E-state index is 9.99. The molecule has 4 N–H and O–H groups in total. The van der Waals surface area contributed by atoms with E-state index in [1.165, 1.54) is 12.8 Å². The molecule has 0 unspecified atom stereocenters. The van der Waals surface area contributed by atoms with E-state index in [0.29, 0.717) is 12.6 Å². The van der Waals surface area contributed by atoms with Gasteiger partial charge in [-0.05, 0) is 26.2 Å². The highest BCUT2D eigenvalue weighted by Crippen LogP contribution is 2.29.